The lowest BCUT2D eigenvalue weighted by molar-refractivity contribution is -0.153. The smallest absolute Gasteiger partial charge is 0.328 e. The fraction of sp³-hybridized carbons (Fsp3) is 0.556. The average molecular weight is 609 g/mol. The van der Waals surface area contributed by atoms with Crippen LogP contribution < -0.4 is 11.1 Å². The van der Waals surface area contributed by atoms with Crippen LogP contribution in [0, 0.1) is 0 Å². The molecule has 0 saturated heterocycles. The van der Waals surface area contributed by atoms with Crippen molar-refractivity contribution in [2.45, 2.75) is 128 Å². The third kappa shape index (κ3) is 16.4. The summed E-state index contributed by atoms with van der Waals surface area (Å²) in [7, 11) is 0. The van der Waals surface area contributed by atoms with E-state index < -0.39 is 36.0 Å². The summed E-state index contributed by atoms with van der Waals surface area (Å²) in [4.78, 5) is 49.8. The van der Waals surface area contributed by atoms with Crippen LogP contribution in [0.3, 0.4) is 0 Å². The largest absolute Gasteiger partial charge is 0.460 e. The van der Waals surface area contributed by atoms with Gasteiger partial charge in [0.2, 0.25) is 5.91 Å². The van der Waals surface area contributed by atoms with E-state index in [-0.39, 0.29) is 25.9 Å². The number of nitrogens with one attached hydrogen (secondary N) is 1. The van der Waals surface area contributed by atoms with Gasteiger partial charge in [0.05, 0.1) is 13.0 Å². The van der Waals surface area contributed by atoms with Crippen molar-refractivity contribution in [3.63, 3.8) is 0 Å². The van der Waals surface area contributed by atoms with Crippen molar-refractivity contribution in [3.8, 4) is 0 Å². The van der Waals surface area contributed by atoms with Crippen LogP contribution in [0.4, 0.5) is 0 Å². The zero-order valence-electron chi connectivity index (χ0n) is 26.4. The fourth-order valence-electron chi connectivity index (χ4n) is 5.09. The summed E-state index contributed by atoms with van der Waals surface area (Å²) < 4.78 is 11.5. The quantitative estimate of drug-likeness (QED) is 0.0723. The molecule has 2 aromatic carbocycles. The molecule has 0 saturated carbocycles. The fourth-order valence-corrected chi connectivity index (χ4v) is 5.09. The second-order valence-electron chi connectivity index (χ2n) is 11.5. The topological polar surface area (TPSA) is 125 Å². The Labute approximate surface area is 263 Å². The number of hydrogen-bond donors (Lipinski definition) is 2. The van der Waals surface area contributed by atoms with E-state index in [1.165, 1.54) is 51.4 Å². The third-order valence-corrected chi connectivity index (χ3v) is 7.67. The predicted octanol–water partition coefficient (Wildman–Crippen LogP) is 6.84. The molecule has 0 fully saturated rings. The van der Waals surface area contributed by atoms with Crippen molar-refractivity contribution >= 4 is 24.1 Å². The molecule has 0 aromatic heterocycles. The van der Waals surface area contributed by atoms with E-state index in [0.717, 1.165) is 24.8 Å². The Balaban J connectivity index is 1.91. The predicted molar refractivity (Wildman–Crippen MR) is 173 cm³/mol. The molecule has 44 heavy (non-hydrogen) atoms. The minimum Gasteiger partial charge on any atom is -0.460 e. The minimum absolute atomic E-state index is 0.0833. The first kappa shape index (κ1) is 36.7. The first-order valence-electron chi connectivity index (χ1n) is 16.4. The number of carbonyl (C=O) groups is 4. The molecule has 2 rings (SSSR count). The van der Waals surface area contributed by atoms with Crippen LogP contribution in [-0.4, -0.2) is 42.3 Å². The summed E-state index contributed by atoms with van der Waals surface area (Å²) >= 11 is 0. The van der Waals surface area contributed by atoms with Crippen molar-refractivity contribution in [2.75, 3.05) is 0 Å². The first-order chi connectivity index (χ1) is 21.4. The molecule has 8 nitrogen and oxygen atoms in total. The highest BCUT2D eigenvalue weighted by molar-refractivity contribution is 5.96. The molecule has 2 aromatic rings. The van der Waals surface area contributed by atoms with E-state index in [1.807, 2.05) is 30.3 Å². The van der Waals surface area contributed by atoms with Gasteiger partial charge in [-0.3, -0.25) is 9.59 Å². The van der Waals surface area contributed by atoms with Gasteiger partial charge in [-0.1, -0.05) is 120 Å². The number of carbonyl (C=O) groups excluding carboxylic acids is 4. The van der Waals surface area contributed by atoms with E-state index in [0.29, 0.717) is 18.3 Å². The normalized spacial score (nSPS) is 13.0. The van der Waals surface area contributed by atoms with Crippen LogP contribution in [0.1, 0.15) is 119 Å². The molecule has 242 valence electrons. The summed E-state index contributed by atoms with van der Waals surface area (Å²) in [6, 6.07) is 17.0. The maximum atomic E-state index is 13.4. The summed E-state index contributed by atoms with van der Waals surface area (Å²) in [6.45, 7) is 2.47. The molecule has 1 unspecified atom stereocenters. The monoisotopic (exact) mass is 608 g/mol. The molecule has 3 N–H and O–H groups in total. The molecule has 0 aliphatic carbocycles. The van der Waals surface area contributed by atoms with Crippen LogP contribution in [-0.2, 0) is 30.5 Å². The van der Waals surface area contributed by atoms with Crippen molar-refractivity contribution in [3.05, 3.63) is 71.8 Å². The van der Waals surface area contributed by atoms with Crippen molar-refractivity contribution < 1.29 is 28.7 Å². The Morgan fingerprint density at radius 3 is 1.91 bits per heavy atom. The van der Waals surface area contributed by atoms with Gasteiger partial charge in [-0.05, 0) is 43.4 Å². The summed E-state index contributed by atoms with van der Waals surface area (Å²) in [5, 5.41) is 2.76. The van der Waals surface area contributed by atoms with E-state index >= 15 is 0 Å². The number of esters is 1. The molecule has 0 heterocycles. The highest BCUT2D eigenvalue weighted by Gasteiger charge is 2.27. The Kier molecular flexibility index (Phi) is 19.1. The van der Waals surface area contributed by atoms with Crippen LogP contribution in [0.25, 0.3) is 0 Å². The molecule has 0 spiro atoms. The van der Waals surface area contributed by atoms with Crippen LogP contribution in [0.2, 0.25) is 0 Å². The highest BCUT2D eigenvalue weighted by atomic mass is 16.5. The van der Waals surface area contributed by atoms with Gasteiger partial charge in [0.15, 0.2) is 0 Å². The van der Waals surface area contributed by atoms with Gasteiger partial charge in [0.25, 0.3) is 5.91 Å². The average Bonchev–Trinajstić information content (AvgIpc) is 3.03. The number of ether oxygens (including phenoxy) is 2. The lowest BCUT2D eigenvalue weighted by Crippen LogP contribution is -2.44. The maximum absolute atomic E-state index is 13.4. The second-order valence-corrected chi connectivity index (χ2v) is 11.5. The maximum Gasteiger partial charge on any atom is 0.328 e. The number of benzene rings is 2. The van der Waals surface area contributed by atoms with Gasteiger partial charge in [-0.25, -0.2) is 4.79 Å². The lowest BCUT2D eigenvalue weighted by Gasteiger charge is -2.23. The first-order valence-corrected chi connectivity index (χ1v) is 16.4. The van der Waals surface area contributed by atoms with Gasteiger partial charge in [0.1, 0.15) is 24.5 Å². The zero-order valence-corrected chi connectivity index (χ0v) is 26.4. The SMILES string of the molecule is CCCCCCCCCCCCC[C@@H](CC(N)=O)OC(=O)[C@H](CCC(C=O)OCc1ccccc1)NC(=O)c1ccccc1. The minimum atomic E-state index is -1.03. The van der Waals surface area contributed by atoms with Gasteiger partial charge in [0, 0.05) is 5.56 Å². The standard InChI is InChI=1S/C36H52N2O6/c1-2-3-4-5-6-7-8-9-10-11-18-23-31(26-34(37)40)44-36(42)33(38-35(41)30-21-16-13-17-22-30)25-24-32(27-39)43-28-29-19-14-12-15-20-29/h12-17,19-22,27,31-33H,2-11,18,23-26,28H2,1H3,(H2,37,40)(H,38,41)/t31-,32?,33-/m0/s1. The van der Waals surface area contributed by atoms with E-state index in [2.05, 4.69) is 12.2 Å². The number of primary amides is 1. The van der Waals surface area contributed by atoms with Crippen molar-refractivity contribution in [1.29, 1.82) is 0 Å². The van der Waals surface area contributed by atoms with Crippen molar-refractivity contribution in [1.82, 2.24) is 5.32 Å². The lowest BCUT2D eigenvalue weighted by atomic mass is 10.0. The Morgan fingerprint density at radius 2 is 1.34 bits per heavy atom. The number of rotatable bonds is 25. The summed E-state index contributed by atoms with van der Waals surface area (Å²) in [5.74, 6) is -1.64. The highest BCUT2D eigenvalue weighted by Crippen LogP contribution is 2.17. The van der Waals surface area contributed by atoms with Crippen molar-refractivity contribution in [2.24, 2.45) is 5.73 Å². The molecule has 0 aliphatic rings. The summed E-state index contributed by atoms with van der Waals surface area (Å²) in [5.41, 5.74) is 6.79. The number of nitrogens with two attached hydrogens (primary N) is 1. The third-order valence-electron chi connectivity index (χ3n) is 7.67. The van der Waals surface area contributed by atoms with E-state index in [4.69, 9.17) is 15.2 Å². The molecular formula is C36H52N2O6. The second kappa shape index (κ2) is 22.9. The van der Waals surface area contributed by atoms with Crippen LogP contribution in [0.5, 0.6) is 0 Å². The van der Waals surface area contributed by atoms with Crippen LogP contribution in [0.15, 0.2) is 60.7 Å². The molecule has 0 aliphatic heterocycles. The molecular weight excluding hydrogens is 556 g/mol. The molecule has 0 bridgehead atoms. The zero-order chi connectivity index (χ0) is 31.8. The Hall–Kier alpha value is -3.52. The van der Waals surface area contributed by atoms with Gasteiger partial charge < -0.3 is 25.3 Å². The van der Waals surface area contributed by atoms with Gasteiger partial charge >= 0.3 is 5.97 Å². The summed E-state index contributed by atoms with van der Waals surface area (Å²) in [6.07, 6.45) is 13.1. The molecule has 2 amide bonds. The van der Waals surface area contributed by atoms with Gasteiger partial charge in [-0.15, -0.1) is 0 Å². The van der Waals surface area contributed by atoms with Gasteiger partial charge in [-0.2, -0.15) is 0 Å². The van der Waals surface area contributed by atoms with E-state index in [9.17, 15) is 19.2 Å². The Morgan fingerprint density at radius 1 is 0.773 bits per heavy atom. The number of unbranched alkanes of at least 4 members (excludes halogenated alkanes) is 10. The number of amides is 2. The molecule has 8 heteroatoms. The molecule has 3 atom stereocenters. The van der Waals surface area contributed by atoms with E-state index in [1.54, 1.807) is 30.3 Å². The number of aldehydes is 1. The molecule has 0 radical (unpaired) electrons. The van der Waals surface area contributed by atoms with Crippen LogP contribution >= 0.6 is 0 Å². The number of hydrogen-bond acceptors (Lipinski definition) is 6. The Bertz CT molecular complexity index is 1080.